The van der Waals surface area contributed by atoms with E-state index in [2.05, 4.69) is 0 Å². The van der Waals surface area contributed by atoms with E-state index in [1.807, 2.05) is 11.9 Å². The second-order valence-corrected chi connectivity index (χ2v) is 4.01. The molecule has 0 fully saturated rings. The number of benzene rings is 1. The number of aliphatic hydroxyl groups is 1. The van der Waals surface area contributed by atoms with E-state index in [-0.39, 0.29) is 6.61 Å². The lowest BCUT2D eigenvalue weighted by molar-refractivity contribution is -0.137. The Morgan fingerprint density at radius 3 is 2.24 bits per heavy atom. The van der Waals surface area contributed by atoms with Crippen LogP contribution in [0.4, 0.5) is 13.2 Å². The van der Waals surface area contributed by atoms with E-state index in [9.17, 15) is 13.2 Å². The summed E-state index contributed by atoms with van der Waals surface area (Å²) in [6, 6.07) is 5.15. The van der Waals surface area contributed by atoms with Crippen LogP contribution in [0.3, 0.4) is 0 Å². The average Bonchev–Trinajstić information content (AvgIpc) is 2.26. The topological polar surface area (TPSA) is 23.5 Å². The van der Waals surface area contributed by atoms with Crippen LogP contribution >= 0.6 is 0 Å². The Kier molecular flexibility index (Phi) is 4.96. The summed E-state index contributed by atoms with van der Waals surface area (Å²) in [5.74, 6) is 0. The van der Waals surface area contributed by atoms with Crippen molar-refractivity contribution in [3.63, 3.8) is 0 Å². The zero-order valence-corrected chi connectivity index (χ0v) is 9.67. The van der Waals surface area contributed by atoms with E-state index in [4.69, 9.17) is 5.11 Å². The summed E-state index contributed by atoms with van der Waals surface area (Å²) >= 11 is 0. The van der Waals surface area contributed by atoms with E-state index in [1.165, 1.54) is 12.1 Å². The smallest absolute Gasteiger partial charge is 0.396 e. The lowest BCUT2D eigenvalue weighted by atomic mass is 10.1. The third kappa shape index (κ3) is 4.75. The number of halogens is 3. The molecule has 0 aromatic heterocycles. The molecule has 0 saturated carbocycles. The van der Waals surface area contributed by atoms with E-state index in [0.29, 0.717) is 13.0 Å². The van der Waals surface area contributed by atoms with Crippen LogP contribution in [-0.4, -0.2) is 30.2 Å². The fraction of sp³-hybridized carbons (Fsp3) is 0.500. The highest BCUT2D eigenvalue weighted by molar-refractivity contribution is 5.24. The highest BCUT2D eigenvalue weighted by Gasteiger charge is 2.29. The Bertz CT molecular complexity index is 335. The van der Waals surface area contributed by atoms with Crippen molar-refractivity contribution in [3.8, 4) is 0 Å². The van der Waals surface area contributed by atoms with Gasteiger partial charge in [0, 0.05) is 19.7 Å². The van der Waals surface area contributed by atoms with Gasteiger partial charge in [-0.25, -0.2) is 0 Å². The van der Waals surface area contributed by atoms with Gasteiger partial charge in [0.25, 0.3) is 0 Å². The standard InChI is InChI=1S/C12H16F3NO/c1-16(7-2-8-17)9-10-3-5-11(6-4-10)12(13,14)15/h3-6,17H,2,7-9H2,1H3. The van der Waals surface area contributed by atoms with Gasteiger partial charge in [-0.05, 0) is 31.2 Å². The van der Waals surface area contributed by atoms with Crippen LogP contribution in [-0.2, 0) is 12.7 Å². The summed E-state index contributed by atoms with van der Waals surface area (Å²) in [4.78, 5) is 1.96. The molecular weight excluding hydrogens is 231 g/mol. The summed E-state index contributed by atoms with van der Waals surface area (Å²) in [6.45, 7) is 1.42. The molecule has 0 atom stereocenters. The van der Waals surface area contributed by atoms with Crippen molar-refractivity contribution in [2.75, 3.05) is 20.2 Å². The predicted molar refractivity (Wildman–Crippen MR) is 59.5 cm³/mol. The second kappa shape index (κ2) is 6.02. The molecule has 0 aliphatic heterocycles. The largest absolute Gasteiger partial charge is 0.416 e. The SMILES string of the molecule is CN(CCCO)Cc1ccc(C(F)(F)F)cc1. The van der Waals surface area contributed by atoms with Crippen molar-refractivity contribution in [3.05, 3.63) is 35.4 Å². The lowest BCUT2D eigenvalue weighted by Crippen LogP contribution is -2.20. The van der Waals surface area contributed by atoms with Crippen molar-refractivity contribution < 1.29 is 18.3 Å². The van der Waals surface area contributed by atoms with Crippen LogP contribution in [0.25, 0.3) is 0 Å². The Morgan fingerprint density at radius 2 is 1.76 bits per heavy atom. The van der Waals surface area contributed by atoms with Crippen molar-refractivity contribution in [2.45, 2.75) is 19.1 Å². The normalized spacial score (nSPS) is 12.1. The van der Waals surface area contributed by atoms with Gasteiger partial charge in [-0.3, -0.25) is 0 Å². The van der Waals surface area contributed by atoms with Crippen molar-refractivity contribution in [1.82, 2.24) is 4.90 Å². The minimum absolute atomic E-state index is 0.122. The first-order valence-electron chi connectivity index (χ1n) is 5.39. The van der Waals surface area contributed by atoms with Crippen LogP contribution in [0.5, 0.6) is 0 Å². The minimum atomic E-state index is -4.28. The lowest BCUT2D eigenvalue weighted by Gasteiger charge is -2.16. The van der Waals surface area contributed by atoms with Crippen molar-refractivity contribution >= 4 is 0 Å². The third-order valence-corrected chi connectivity index (χ3v) is 2.43. The van der Waals surface area contributed by atoms with Crippen LogP contribution in [0.15, 0.2) is 24.3 Å². The zero-order valence-electron chi connectivity index (χ0n) is 9.67. The molecule has 1 N–H and O–H groups in total. The number of hydrogen-bond donors (Lipinski definition) is 1. The summed E-state index contributed by atoms with van der Waals surface area (Å²) in [5, 5.41) is 8.66. The zero-order chi connectivity index (χ0) is 12.9. The summed E-state index contributed by atoms with van der Waals surface area (Å²) in [6.07, 6.45) is -3.61. The first-order chi connectivity index (χ1) is 7.93. The van der Waals surface area contributed by atoms with Crippen molar-refractivity contribution in [1.29, 1.82) is 0 Å². The monoisotopic (exact) mass is 247 g/mol. The molecule has 0 spiro atoms. The van der Waals surface area contributed by atoms with Gasteiger partial charge >= 0.3 is 6.18 Å². The summed E-state index contributed by atoms with van der Waals surface area (Å²) in [7, 11) is 1.87. The maximum Gasteiger partial charge on any atom is 0.416 e. The molecule has 0 aliphatic rings. The Labute approximate surface area is 98.7 Å². The average molecular weight is 247 g/mol. The van der Waals surface area contributed by atoms with Crippen LogP contribution in [0, 0.1) is 0 Å². The van der Waals surface area contributed by atoms with Gasteiger partial charge in [-0.1, -0.05) is 12.1 Å². The van der Waals surface area contributed by atoms with E-state index < -0.39 is 11.7 Å². The Hall–Kier alpha value is -1.07. The first kappa shape index (κ1) is 14.0. The molecule has 96 valence electrons. The maximum absolute atomic E-state index is 12.3. The van der Waals surface area contributed by atoms with Crippen LogP contribution in [0.2, 0.25) is 0 Å². The third-order valence-electron chi connectivity index (χ3n) is 2.43. The van der Waals surface area contributed by atoms with Crippen LogP contribution in [0.1, 0.15) is 17.5 Å². The number of nitrogens with zero attached hydrogens (tertiary/aromatic N) is 1. The van der Waals surface area contributed by atoms with E-state index in [0.717, 1.165) is 24.2 Å². The number of rotatable bonds is 5. The molecule has 2 nitrogen and oxygen atoms in total. The molecule has 0 amide bonds. The van der Waals surface area contributed by atoms with Gasteiger partial charge in [0.1, 0.15) is 0 Å². The number of aliphatic hydroxyl groups excluding tert-OH is 1. The van der Waals surface area contributed by atoms with Gasteiger partial charge in [0.2, 0.25) is 0 Å². The quantitative estimate of drug-likeness (QED) is 0.864. The van der Waals surface area contributed by atoms with Gasteiger partial charge in [-0.15, -0.1) is 0 Å². The molecule has 1 rings (SSSR count). The van der Waals surface area contributed by atoms with E-state index >= 15 is 0 Å². The first-order valence-corrected chi connectivity index (χ1v) is 5.39. The molecule has 1 aromatic rings. The fourth-order valence-corrected chi connectivity index (χ4v) is 1.53. The fourth-order valence-electron chi connectivity index (χ4n) is 1.53. The Morgan fingerprint density at radius 1 is 1.18 bits per heavy atom. The molecule has 17 heavy (non-hydrogen) atoms. The minimum Gasteiger partial charge on any atom is -0.396 e. The van der Waals surface area contributed by atoms with Crippen molar-refractivity contribution in [2.24, 2.45) is 0 Å². The van der Waals surface area contributed by atoms with Gasteiger partial charge in [0.05, 0.1) is 5.56 Å². The molecule has 0 unspecified atom stereocenters. The number of alkyl halides is 3. The summed E-state index contributed by atoms with van der Waals surface area (Å²) in [5.41, 5.74) is 0.206. The summed E-state index contributed by atoms with van der Waals surface area (Å²) < 4.78 is 36.9. The molecule has 5 heteroatoms. The molecule has 0 heterocycles. The van der Waals surface area contributed by atoms with Gasteiger partial charge in [0.15, 0.2) is 0 Å². The maximum atomic E-state index is 12.3. The number of hydrogen-bond acceptors (Lipinski definition) is 2. The molecule has 1 aromatic carbocycles. The molecule has 0 radical (unpaired) electrons. The van der Waals surface area contributed by atoms with Crippen LogP contribution < -0.4 is 0 Å². The second-order valence-electron chi connectivity index (χ2n) is 4.01. The highest BCUT2D eigenvalue weighted by Crippen LogP contribution is 2.29. The molecule has 0 aliphatic carbocycles. The van der Waals surface area contributed by atoms with Gasteiger partial charge < -0.3 is 10.0 Å². The molecular formula is C12H16F3NO. The predicted octanol–water partition coefficient (Wildman–Crippen LogP) is 2.52. The molecule has 0 saturated heterocycles. The Balaban J connectivity index is 2.56. The molecule has 0 bridgehead atoms. The highest BCUT2D eigenvalue weighted by atomic mass is 19.4. The van der Waals surface area contributed by atoms with E-state index in [1.54, 1.807) is 0 Å². The van der Waals surface area contributed by atoms with Gasteiger partial charge in [-0.2, -0.15) is 13.2 Å².